The van der Waals surface area contributed by atoms with Gasteiger partial charge in [0.2, 0.25) is 0 Å². The molecule has 1 fully saturated rings. The van der Waals surface area contributed by atoms with Gasteiger partial charge in [-0.15, -0.1) is 0 Å². The van der Waals surface area contributed by atoms with Crippen molar-refractivity contribution in [1.82, 2.24) is 5.32 Å². The van der Waals surface area contributed by atoms with Crippen LogP contribution >= 0.6 is 11.6 Å². The molecule has 0 aromatic heterocycles. The predicted octanol–water partition coefficient (Wildman–Crippen LogP) is 4.02. The Hall–Kier alpha value is -2.80. The second-order valence-corrected chi connectivity index (χ2v) is 6.71. The molecule has 8 heteroatoms. The Bertz CT molecular complexity index is 886. The molecule has 128 valence electrons. The fourth-order valence-corrected chi connectivity index (χ4v) is 3.58. The molecule has 0 radical (unpaired) electrons. The van der Waals surface area contributed by atoms with Crippen molar-refractivity contribution in [3.05, 3.63) is 63.2 Å². The summed E-state index contributed by atoms with van der Waals surface area (Å²) < 4.78 is 6.10. The topological polar surface area (TPSA) is 84.7 Å². The van der Waals surface area contributed by atoms with Crippen LogP contribution < -0.4 is 15.0 Å². The van der Waals surface area contributed by atoms with Crippen molar-refractivity contribution < 1.29 is 14.5 Å². The van der Waals surface area contributed by atoms with Crippen molar-refractivity contribution in [3.63, 3.8) is 0 Å². The molecule has 2 amide bonds. The number of ether oxygens (including phenoxy) is 1. The smallest absolute Gasteiger partial charge is 0.325 e. The number of hydrogen-bond donors (Lipinski definition) is 1. The third-order valence-corrected chi connectivity index (χ3v) is 4.80. The van der Waals surface area contributed by atoms with E-state index in [4.69, 9.17) is 16.3 Å². The van der Waals surface area contributed by atoms with Gasteiger partial charge in [-0.2, -0.15) is 0 Å². The Morgan fingerprint density at radius 3 is 2.72 bits per heavy atom. The molecule has 0 saturated carbocycles. The van der Waals surface area contributed by atoms with Gasteiger partial charge >= 0.3 is 6.03 Å². The van der Waals surface area contributed by atoms with Gasteiger partial charge in [0.15, 0.2) is 5.72 Å². The van der Waals surface area contributed by atoms with Crippen LogP contribution in [0.4, 0.5) is 16.2 Å². The number of halogens is 1. The minimum atomic E-state index is -0.899. The molecule has 2 aliphatic rings. The standard InChI is InChI=1S/C17H14ClN3O4/c1-17-9-14(13-8-12(21(23)24)6-7-15(13)25-17)19-16(22)20(17)11-4-2-10(18)3-5-11/h2-8,14H,9H2,1H3,(H,19,22)/t14-,17+/m1/s1. The number of carbonyl (C=O) groups is 1. The van der Waals surface area contributed by atoms with E-state index >= 15 is 0 Å². The van der Waals surface area contributed by atoms with E-state index in [2.05, 4.69) is 5.32 Å². The zero-order valence-electron chi connectivity index (χ0n) is 13.2. The Kier molecular flexibility index (Phi) is 3.36. The van der Waals surface area contributed by atoms with Gasteiger partial charge in [-0.1, -0.05) is 11.6 Å². The Labute approximate surface area is 148 Å². The monoisotopic (exact) mass is 359 g/mol. The van der Waals surface area contributed by atoms with Crippen LogP contribution in [0.2, 0.25) is 5.02 Å². The first-order chi connectivity index (χ1) is 11.9. The second-order valence-electron chi connectivity index (χ2n) is 6.27. The molecule has 4 rings (SSSR count). The number of urea groups is 1. The molecule has 7 nitrogen and oxygen atoms in total. The summed E-state index contributed by atoms with van der Waals surface area (Å²) in [6, 6.07) is 10.7. The fourth-order valence-electron chi connectivity index (χ4n) is 3.46. The van der Waals surface area contributed by atoms with Crippen molar-refractivity contribution >= 4 is 29.0 Å². The van der Waals surface area contributed by atoms with Gasteiger partial charge in [0, 0.05) is 34.8 Å². The number of carbonyl (C=O) groups excluding carboxylic acids is 1. The normalized spacial score (nSPS) is 24.2. The summed E-state index contributed by atoms with van der Waals surface area (Å²) in [7, 11) is 0. The van der Waals surface area contributed by atoms with E-state index in [9.17, 15) is 14.9 Å². The van der Waals surface area contributed by atoms with Crippen molar-refractivity contribution in [2.75, 3.05) is 4.90 Å². The van der Waals surface area contributed by atoms with Gasteiger partial charge in [0.05, 0.1) is 11.0 Å². The average molecular weight is 360 g/mol. The summed E-state index contributed by atoms with van der Waals surface area (Å²) in [6.45, 7) is 1.83. The lowest BCUT2D eigenvalue weighted by Gasteiger charge is -2.50. The van der Waals surface area contributed by atoms with E-state index < -0.39 is 10.6 Å². The Morgan fingerprint density at radius 1 is 1.32 bits per heavy atom. The molecule has 2 aliphatic heterocycles. The highest BCUT2D eigenvalue weighted by Crippen LogP contribution is 2.46. The summed E-state index contributed by atoms with van der Waals surface area (Å²) in [4.78, 5) is 24.8. The van der Waals surface area contributed by atoms with E-state index in [1.807, 2.05) is 6.92 Å². The quantitative estimate of drug-likeness (QED) is 0.648. The third kappa shape index (κ3) is 2.47. The molecule has 2 aromatic rings. The number of nitro groups is 1. The molecule has 0 spiro atoms. The van der Waals surface area contributed by atoms with Gasteiger partial charge < -0.3 is 10.1 Å². The Balaban J connectivity index is 1.77. The van der Waals surface area contributed by atoms with Crippen LogP contribution in [0.25, 0.3) is 0 Å². The maximum absolute atomic E-state index is 12.7. The molecule has 1 saturated heterocycles. The largest absolute Gasteiger partial charge is 0.467 e. The van der Waals surface area contributed by atoms with Crippen molar-refractivity contribution in [3.8, 4) is 5.75 Å². The number of anilines is 1. The first kappa shape index (κ1) is 15.7. The van der Waals surface area contributed by atoms with Crippen molar-refractivity contribution in [1.29, 1.82) is 0 Å². The number of nitrogens with one attached hydrogen (secondary N) is 1. The summed E-state index contributed by atoms with van der Waals surface area (Å²) >= 11 is 5.93. The molecule has 0 aliphatic carbocycles. The molecule has 2 aromatic carbocycles. The average Bonchev–Trinajstić information content (AvgIpc) is 2.55. The lowest BCUT2D eigenvalue weighted by Crippen LogP contribution is -2.65. The highest BCUT2D eigenvalue weighted by Gasteiger charge is 2.50. The number of nitrogens with zero attached hydrogens (tertiary/aromatic N) is 2. The minimum absolute atomic E-state index is 0.0275. The maximum atomic E-state index is 12.7. The predicted molar refractivity (Wildman–Crippen MR) is 92.0 cm³/mol. The van der Waals surface area contributed by atoms with Crippen LogP contribution in [0.15, 0.2) is 42.5 Å². The lowest BCUT2D eigenvalue weighted by atomic mass is 9.90. The summed E-state index contributed by atoms with van der Waals surface area (Å²) in [6.07, 6.45) is 0.468. The number of rotatable bonds is 2. The molecular formula is C17H14ClN3O4. The van der Waals surface area contributed by atoms with Gasteiger partial charge in [0.1, 0.15) is 5.75 Å². The van der Waals surface area contributed by atoms with Crippen LogP contribution in [0.3, 0.4) is 0 Å². The number of benzene rings is 2. The molecule has 2 atom stereocenters. The van der Waals surface area contributed by atoms with Crippen LogP contribution in [0.5, 0.6) is 5.75 Å². The molecule has 2 bridgehead atoms. The number of non-ortho nitro benzene ring substituents is 1. The zero-order valence-corrected chi connectivity index (χ0v) is 14.0. The molecular weight excluding hydrogens is 346 g/mol. The van der Waals surface area contributed by atoms with E-state index in [0.717, 1.165) is 0 Å². The van der Waals surface area contributed by atoms with Gasteiger partial charge in [-0.3, -0.25) is 15.0 Å². The number of fused-ring (bicyclic) bond motifs is 4. The SMILES string of the molecule is C[C@]12C[C@@H](NC(=O)N1c1ccc(Cl)cc1)c1cc([N+](=O)[O-])ccc1O2. The van der Waals surface area contributed by atoms with Crippen LogP contribution in [0, 0.1) is 10.1 Å². The van der Waals surface area contributed by atoms with Gasteiger partial charge in [-0.05, 0) is 37.3 Å². The minimum Gasteiger partial charge on any atom is -0.467 e. The van der Waals surface area contributed by atoms with E-state index in [0.29, 0.717) is 28.4 Å². The first-order valence-corrected chi connectivity index (χ1v) is 8.09. The zero-order chi connectivity index (χ0) is 17.8. The second kappa shape index (κ2) is 5.35. The number of amides is 2. The van der Waals surface area contributed by atoms with E-state index in [1.165, 1.54) is 12.1 Å². The summed E-state index contributed by atoms with van der Waals surface area (Å²) in [5.41, 5.74) is 0.355. The van der Waals surface area contributed by atoms with Crippen LogP contribution in [-0.2, 0) is 0 Å². The number of hydrogen-bond acceptors (Lipinski definition) is 4. The third-order valence-electron chi connectivity index (χ3n) is 4.55. The lowest BCUT2D eigenvalue weighted by molar-refractivity contribution is -0.385. The van der Waals surface area contributed by atoms with Crippen LogP contribution in [0.1, 0.15) is 24.9 Å². The molecule has 25 heavy (non-hydrogen) atoms. The molecule has 0 unspecified atom stereocenters. The highest BCUT2D eigenvalue weighted by molar-refractivity contribution is 6.30. The fraction of sp³-hybridized carbons (Fsp3) is 0.235. The molecule has 1 N–H and O–H groups in total. The molecule has 2 heterocycles. The summed E-state index contributed by atoms with van der Waals surface area (Å²) in [5.74, 6) is 0.531. The van der Waals surface area contributed by atoms with Gasteiger partial charge in [-0.25, -0.2) is 4.79 Å². The Morgan fingerprint density at radius 2 is 2.04 bits per heavy atom. The number of nitro benzene ring substituents is 1. The highest BCUT2D eigenvalue weighted by atomic mass is 35.5. The van der Waals surface area contributed by atoms with Crippen LogP contribution in [-0.4, -0.2) is 16.7 Å². The van der Waals surface area contributed by atoms with Crippen molar-refractivity contribution in [2.45, 2.75) is 25.1 Å². The van der Waals surface area contributed by atoms with E-state index in [1.54, 1.807) is 35.2 Å². The summed E-state index contributed by atoms with van der Waals surface area (Å²) in [5, 5.41) is 14.5. The van der Waals surface area contributed by atoms with Gasteiger partial charge in [0.25, 0.3) is 5.69 Å². The van der Waals surface area contributed by atoms with E-state index in [-0.39, 0.29) is 17.8 Å². The first-order valence-electron chi connectivity index (χ1n) is 7.71. The maximum Gasteiger partial charge on any atom is 0.325 e. The van der Waals surface area contributed by atoms with Crippen molar-refractivity contribution in [2.24, 2.45) is 0 Å².